The largest absolute Gasteiger partial charge is 0.497 e. The van der Waals surface area contributed by atoms with Crippen LogP contribution in [0.25, 0.3) is 11.3 Å². The molecule has 0 unspecified atom stereocenters. The Morgan fingerprint density at radius 3 is 2.42 bits per heavy atom. The van der Waals surface area contributed by atoms with E-state index < -0.39 is 5.82 Å². The van der Waals surface area contributed by atoms with Crippen molar-refractivity contribution < 1.29 is 13.9 Å². The molecule has 1 aliphatic rings. The number of rotatable bonds is 4. The van der Waals surface area contributed by atoms with Gasteiger partial charge in [-0.3, -0.25) is 4.79 Å². The van der Waals surface area contributed by atoms with Gasteiger partial charge < -0.3 is 9.64 Å². The summed E-state index contributed by atoms with van der Waals surface area (Å²) >= 11 is 0. The first kappa shape index (κ1) is 21.0. The molecule has 3 aromatic rings. The summed E-state index contributed by atoms with van der Waals surface area (Å²) in [6.07, 6.45) is 1.23. The first-order valence-corrected chi connectivity index (χ1v) is 10.6. The molecule has 1 aliphatic heterocycles. The van der Waals surface area contributed by atoms with Crippen molar-refractivity contribution in [2.45, 2.75) is 32.6 Å². The summed E-state index contributed by atoms with van der Waals surface area (Å²) in [5.74, 6) is 0.985. The lowest BCUT2D eigenvalue weighted by atomic mass is 10.00. The average Bonchev–Trinajstić information content (AvgIpc) is 3.01. The van der Waals surface area contributed by atoms with Crippen LogP contribution >= 0.6 is 0 Å². The molecule has 0 atom stereocenters. The Kier molecular flexibility index (Phi) is 5.98. The Hall–Kier alpha value is -3.28. The van der Waals surface area contributed by atoms with Crippen LogP contribution in [0.5, 0.6) is 5.75 Å². The number of carbonyl (C=O) groups is 1. The quantitative estimate of drug-likeness (QED) is 0.617. The number of hydrogen-bond donors (Lipinski definition) is 0. The van der Waals surface area contributed by atoms with Gasteiger partial charge in [0, 0.05) is 42.2 Å². The first-order chi connectivity index (χ1) is 15.0. The third-order valence-electron chi connectivity index (χ3n) is 5.63. The molecule has 160 valence electrons. The maximum atomic E-state index is 14.2. The van der Waals surface area contributed by atoms with Crippen molar-refractivity contribution in [1.82, 2.24) is 14.9 Å². The number of nitrogens with zero attached hydrogens (tertiary/aromatic N) is 3. The third-order valence-corrected chi connectivity index (χ3v) is 5.63. The number of methoxy groups -OCH3 is 1. The zero-order valence-electron chi connectivity index (χ0n) is 18.1. The molecule has 4 rings (SSSR count). The van der Waals surface area contributed by atoms with Crippen LogP contribution in [0, 0.1) is 5.82 Å². The molecule has 6 heteroatoms. The molecule has 1 aromatic heterocycles. The number of ether oxygens (including phenoxy) is 1. The van der Waals surface area contributed by atoms with Gasteiger partial charge >= 0.3 is 0 Å². The molecule has 0 saturated carbocycles. The van der Waals surface area contributed by atoms with Crippen molar-refractivity contribution in [2.24, 2.45) is 0 Å². The second-order valence-corrected chi connectivity index (χ2v) is 8.01. The molecule has 1 amide bonds. The van der Waals surface area contributed by atoms with E-state index in [1.165, 1.54) is 12.1 Å². The van der Waals surface area contributed by atoms with Crippen LogP contribution < -0.4 is 4.74 Å². The van der Waals surface area contributed by atoms with Crippen molar-refractivity contribution in [3.63, 3.8) is 0 Å². The van der Waals surface area contributed by atoms with E-state index in [1.807, 2.05) is 24.3 Å². The number of fused-ring (bicyclic) bond motifs is 1. The molecular weight excluding hydrogens is 393 g/mol. The van der Waals surface area contributed by atoms with Gasteiger partial charge in [-0.1, -0.05) is 26.0 Å². The van der Waals surface area contributed by atoms with Crippen LogP contribution in [0.15, 0.2) is 48.5 Å². The van der Waals surface area contributed by atoms with E-state index in [9.17, 15) is 9.18 Å². The lowest BCUT2D eigenvalue weighted by Gasteiger charge is -2.20. The molecular formula is C25H26FN3O2. The van der Waals surface area contributed by atoms with Crippen LogP contribution in [-0.4, -0.2) is 41.0 Å². The molecule has 0 saturated heterocycles. The standard InChI is InChI=1S/C25H26FN3O2/c1-16(2)24-27-22-13-15-29(25(30)19-6-4-5-7-21(19)26)14-12-20(22)23(28-24)17-8-10-18(31-3)11-9-17/h4-11,16H,12-15H2,1-3H3. The Morgan fingerprint density at radius 2 is 1.74 bits per heavy atom. The van der Waals surface area contributed by atoms with Crippen molar-refractivity contribution >= 4 is 5.91 Å². The number of benzene rings is 2. The third kappa shape index (κ3) is 4.29. The van der Waals surface area contributed by atoms with Gasteiger partial charge in [-0.25, -0.2) is 14.4 Å². The van der Waals surface area contributed by atoms with Crippen molar-refractivity contribution in [1.29, 1.82) is 0 Å². The number of hydrogen-bond acceptors (Lipinski definition) is 4. The number of carbonyl (C=O) groups excluding carboxylic acids is 1. The lowest BCUT2D eigenvalue weighted by Crippen LogP contribution is -2.33. The summed E-state index contributed by atoms with van der Waals surface area (Å²) in [7, 11) is 1.64. The fourth-order valence-electron chi connectivity index (χ4n) is 3.87. The minimum Gasteiger partial charge on any atom is -0.497 e. The second-order valence-electron chi connectivity index (χ2n) is 8.01. The second kappa shape index (κ2) is 8.84. The fraction of sp³-hybridized carbons (Fsp3) is 0.320. The van der Waals surface area contributed by atoms with Gasteiger partial charge in [0.2, 0.25) is 0 Å². The smallest absolute Gasteiger partial charge is 0.256 e. The van der Waals surface area contributed by atoms with Gasteiger partial charge in [0.1, 0.15) is 17.4 Å². The lowest BCUT2D eigenvalue weighted by molar-refractivity contribution is 0.0758. The highest BCUT2D eigenvalue weighted by molar-refractivity contribution is 5.94. The SMILES string of the molecule is COc1ccc(-c2nc(C(C)C)nc3c2CCN(C(=O)c2ccccc2F)CC3)cc1. The van der Waals surface area contributed by atoms with E-state index in [0.29, 0.717) is 25.9 Å². The molecule has 31 heavy (non-hydrogen) atoms. The minimum atomic E-state index is -0.491. The van der Waals surface area contributed by atoms with Crippen LogP contribution in [0.4, 0.5) is 4.39 Å². The summed E-state index contributed by atoms with van der Waals surface area (Å²) < 4.78 is 19.5. The molecule has 5 nitrogen and oxygen atoms in total. The summed E-state index contributed by atoms with van der Waals surface area (Å²) in [5, 5.41) is 0. The van der Waals surface area contributed by atoms with Gasteiger partial charge in [-0.05, 0) is 42.8 Å². The summed E-state index contributed by atoms with van der Waals surface area (Å²) in [5.41, 5.74) is 4.02. The minimum absolute atomic E-state index is 0.109. The zero-order valence-corrected chi connectivity index (χ0v) is 18.1. The van der Waals surface area contributed by atoms with Gasteiger partial charge in [0.05, 0.1) is 18.4 Å². The number of aromatic nitrogens is 2. The predicted molar refractivity (Wildman–Crippen MR) is 118 cm³/mol. The highest BCUT2D eigenvalue weighted by Crippen LogP contribution is 2.30. The maximum Gasteiger partial charge on any atom is 0.256 e. The molecule has 2 aromatic carbocycles. The molecule has 0 spiro atoms. The normalized spacial score (nSPS) is 13.6. The summed E-state index contributed by atoms with van der Waals surface area (Å²) in [6, 6.07) is 14.0. The fourth-order valence-corrected chi connectivity index (χ4v) is 3.87. The number of amides is 1. The van der Waals surface area contributed by atoms with Crippen LogP contribution in [0.3, 0.4) is 0 Å². The summed E-state index contributed by atoms with van der Waals surface area (Å²) in [6.45, 7) is 5.14. The Labute approximate surface area is 181 Å². The van der Waals surface area contributed by atoms with Gasteiger partial charge in [0.25, 0.3) is 5.91 Å². The Morgan fingerprint density at radius 1 is 1.03 bits per heavy atom. The maximum absolute atomic E-state index is 14.2. The molecule has 0 bridgehead atoms. The number of halogens is 1. The topological polar surface area (TPSA) is 55.3 Å². The van der Waals surface area contributed by atoms with Crippen LogP contribution in [0.2, 0.25) is 0 Å². The van der Waals surface area contributed by atoms with Crippen LogP contribution in [0.1, 0.15) is 47.2 Å². The Balaban J connectivity index is 1.69. The van der Waals surface area contributed by atoms with Crippen LogP contribution in [-0.2, 0) is 12.8 Å². The molecule has 0 radical (unpaired) electrons. The molecule has 2 heterocycles. The van der Waals surface area contributed by atoms with E-state index in [2.05, 4.69) is 13.8 Å². The van der Waals surface area contributed by atoms with Gasteiger partial charge in [0.15, 0.2) is 0 Å². The van der Waals surface area contributed by atoms with Crippen molar-refractivity contribution in [3.05, 3.63) is 77.0 Å². The van der Waals surface area contributed by atoms with Crippen molar-refractivity contribution in [2.75, 3.05) is 20.2 Å². The van der Waals surface area contributed by atoms with E-state index in [0.717, 1.165) is 34.1 Å². The van der Waals surface area contributed by atoms with Crippen molar-refractivity contribution in [3.8, 4) is 17.0 Å². The molecule has 0 N–H and O–H groups in total. The van der Waals surface area contributed by atoms with E-state index in [1.54, 1.807) is 24.1 Å². The van der Waals surface area contributed by atoms with Gasteiger partial charge in [-0.15, -0.1) is 0 Å². The predicted octanol–water partition coefficient (Wildman–Crippen LogP) is 4.66. The van der Waals surface area contributed by atoms with Gasteiger partial charge in [-0.2, -0.15) is 0 Å². The first-order valence-electron chi connectivity index (χ1n) is 10.6. The molecule has 0 fully saturated rings. The average molecular weight is 420 g/mol. The van der Waals surface area contributed by atoms with E-state index >= 15 is 0 Å². The van der Waals surface area contributed by atoms with E-state index in [4.69, 9.17) is 14.7 Å². The highest BCUT2D eigenvalue weighted by atomic mass is 19.1. The Bertz CT molecular complexity index is 1100. The zero-order chi connectivity index (χ0) is 22.0. The van der Waals surface area contributed by atoms with E-state index in [-0.39, 0.29) is 17.4 Å². The summed E-state index contributed by atoms with van der Waals surface area (Å²) in [4.78, 5) is 24.4. The monoisotopic (exact) mass is 419 g/mol. The molecule has 0 aliphatic carbocycles. The highest BCUT2D eigenvalue weighted by Gasteiger charge is 2.25.